The van der Waals surface area contributed by atoms with Gasteiger partial charge in [0.1, 0.15) is 5.82 Å². The highest BCUT2D eigenvalue weighted by Crippen LogP contribution is 2.28. The van der Waals surface area contributed by atoms with E-state index in [-0.39, 0.29) is 29.0 Å². The number of carbonyl (C=O) groups excluding carboxylic acids is 2. The van der Waals surface area contributed by atoms with Crippen molar-refractivity contribution >= 4 is 23.0 Å². The number of amides is 1. The van der Waals surface area contributed by atoms with E-state index in [0.29, 0.717) is 22.3 Å². The maximum atomic E-state index is 13.2. The van der Waals surface area contributed by atoms with Crippen LogP contribution in [0, 0.1) is 12.7 Å². The van der Waals surface area contributed by atoms with Crippen LogP contribution in [0.5, 0.6) is 0 Å². The lowest BCUT2D eigenvalue weighted by molar-refractivity contribution is -0.129. The molecule has 144 valence electrons. The molecule has 1 aliphatic rings. The fourth-order valence-electron chi connectivity index (χ4n) is 2.85. The van der Waals surface area contributed by atoms with Crippen molar-refractivity contribution in [3.05, 3.63) is 47.4 Å². The second kappa shape index (κ2) is 7.03. The van der Waals surface area contributed by atoms with Gasteiger partial charge in [-0.25, -0.2) is 14.2 Å². The summed E-state index contributed by atoms with van der Waals surface area (Å²) in [6.45, 7) is 3.21. The smallest absolute Gasteiger partial charge is 0.339 e. The summed E-state index contributed by atoms with van der Waals surface area (Å²) in [5.74, 6) is -1.39. The van der Waals surface area contributed by atoms with Crippen molar-refractivity contribution in [3.8, 4) is 11.3 Å². The molecule has 0 saturated heterocycles. The van der Waals surface area contributed by atoms with Crippen molar-refractivity contribution in [1.82, 2.24) is 15.5 Å². The number of hydrogen-bond acceptors (Lipinski definition) is 6. The molecule has 1 aromatic carbocycles. The van der Waals surface area contributed by atoms with Gasteiger partial charge in [0.25, 0.3) is 11.6 Å². The van der Waals surface area contributed by atoms with E-state index >= 15 is 0 Å². The van der Waals surface area contributed by atoms with Gasteiger partial charge in [0, 0.05) is 11.6 Å². The van der Waals surface area contributed by atoms with E-state index < -0.39 is 12.1 Å². The lowest BCUT2D eigenvalue weighted by atomic mass is 10.1. The Balaban J connectivity index is 1.67. The molecule has 1 amide bonds. The molecule has 1 aliphatic carbocycles. The second-order valence-electron chi connectivity index (χ2n) is 6.84. The van der Waals surface area contributed by atoms with E-state index in [1.807, 2.05) is 0 Å². The third kappa shape index (κ3) is 3.58. The molecule has 1 N–H and O–H groups in total. The Morgan fingerprint density at radius 2 is 2.00 bits per heavy atom. The standard InChI is InChI=1S/C20H18FN3O4/c1-10-17-15(20(26)27-11(2)18(25)22-14-7-8-14)9-16(23-19(17)28-24-10)12-3-5-13(21)6-4-12/h3-6,9,11,14H,7-8H2,1-2H3,(H,22,25)/t11-/m1/s1. The first-order valence-corrected chi connectivity index (χ1v) is 8.96. The highest BCUT2D eigenvalue weighted by atomic mass is 19.1. The Hall–Kier alpha value is -3.29. The predicted molar refractivity (Wildman–Crippen MR) is 98.0 cm³/mol. The van der Waals surface area contributed by atoms with Crippen LogP contribution in [0.4, 0.5) is 4.39 Å². The summed E-state index contributed by atoms with van der Waals surface area (Å²) >= 11 is 0. The summed E-state index contributed by atoms with van der Waals surface area (Å²) < 4.78 is 23.8. The first kappa shape index (κ1) is 18.1. The van der Waals surface area contributed by atoms with E-state index in [0.717, 1.165) is 12.8 Å². The average Bonchev–Trinajstić information content (AvgIpc) is 3.42. The summed E-state index contributed by atoms with van der Waals surface area (Å²) in [5, 5.41) is 7.09. The SMILES string of the molecule is Cc1noc2nc(-c3ccc(F)cc3)cc(C(=O)O[C@H](C)C(=O)NC3CC3)c12. The van der Waals surface area contributed by atoms with Crippen LogP contribution < -0.4 is 5.32 Å². The van der Waals surface area contributed by atoms with Crippen LogP contribution in [0.15, 0.2) is 34.9 Å². The number of fused-ring (bicyclic) bond motifs is 1. The molecule has 4 rings (SSSR count). The highest BCUT2D eigenvalue weighted by Gasteiger charge is 2.28. The molecule has 7 nitrogen and oxygen atoms in total. The molecule has 1 saturated carbocycles. The number of hydrogen-bond donors (Lipinski definition) is 1. The lowest BCUT2D eigenvalue weighted by Gasteiger charge is -2.14. The molecule has 0 bridgehead atoms. The molecule has 0 radical (unpaired) electrons. The molecule has 0 unspecified atom stereocenters. The second-order valence-corrected chi connectivity index (χ2v) is 6.84. The van der Waals surface area contributed by atoms with Gasteiger partial charge < -0.3 is 14.6 Å². The van der Waals surface area contributed by atoms with Crippen molar-refractivity contribution in [1.29, 1.82) is 0 Å². The van der Waals surface area contributed by atoms with E-state index in [9.17, 15) is 14.0 Å². The van der Waals surface area contributed by atoms with Gasteiger partial charge in [0.15, 0.2) is 6.10 Å². The van der Waals surface area contributed by atoms with Crippen molar-refractivity contribution in [2.24, 2.45) is 0 Å². The van der Waals surface area contributed by atoms with E-state index in [2.05, 4.69) is 15.5 Å². The molecule has 2 heterocycles. The monoisotopic (exact) mass is 383 g/mol. The number of pyridine rings is 1. The third-order valence-electron chi connectivity index (χ3n) is 4.55. The highest BCUT2D eigenvalue weighted by molar-refractivity contribution is 6.05. The maximum Gasteiger partial charge on any atom is 0.339 e. The number of aryl methyl sites for hydroxylation is 1. The first-order valence-electron chi connectivity index (χ1n) is 8.96. The van der Waals surface area contributed by atoms with Gasteiger partial charge >= 0.3 is 5.97 Å². The van der Waals surface area contributed by atoms with Gasteiger partial charge in [0.05, 0.1) is 22.3 Å². The molecular formula is C20H18FN3O4. The number of halogens is 1. The van der Waals surface area contributed by atoms with Crippen LogP contribution in [0.1, 0.15) is 35.8 Å². The van der Waals surface area contributed by atoms with Gasteiger partial charge in [-0.05, 0) is 57.0 Å². The third-order valence-corrected chi connectivity index (χ3v) is 4.55. The topological polar surface area (TPSA) is 94.3 Å². The number of carbonyl (C=O) groups is 2. The zero-order valence-corrected chi connectivity index (χ0v) is 15.4. The fraction of sp³-hybridized carbons (Fsp3) is 0.300. The summed E-state index contributed by atoms with van der Waals surface area (Å²) in [6, 6.07) is 7.41. The summed E-state index contributed by atoms with van der Waals surface area (Å²) in [4.78, 5) is 29.3. The summed E-state index contributed by atoms with van der Waals surface area (Å²) in [5.41, 5.74) is 1.85. The molecule has 28 heavy (non-hydrogen) atoms. The minimum Gasteiger partial charge on any atom is -0.449 e. The van der Waals surface area contributed by atoms with Crippen LogP contribution in [0.2, 0.25) is 0 Å². The Morgan fingerprint density at radius 1 is 1.29 bits per heavy atom. The fourth-order valence-corrected chi connectivity index (χ4v) is 2.85. The van der Waals surface area contributed by atoms with Gasteiger partial charge in [-0.3, -0.25) is 4.79 Å². The quantitative estimate of drug-likeness (QED) is 0.680. The minimum absolute atomic E-state index is 0.168. The largest absolute Gasteiger partial charge is 0.449 e. The Morgan fingerprint density at radius 3 is 2.68 bits per heavy atom. The number of benzene rings is 1. The number of rotatable bonds is 5. The minimum atomic E-state index is -0.939. The number of nitrogens with one attached hydrogen (secondary N) is 1. The van der Waals surface area contributed by atoms with Crippen molar-refractivity contribution < 1.29 is 23.2 Å². The van der Waals surface area contributed by atoms with Crippen LogP contribution in [-0.4, -0.2) is 34.2 Å². The number of aromatic nitrogens is 2. The molecule has 0 aliphatic heterocycles. The van der Waals surface area contributed by atoms with Gasteiger partial charge in [0.2, 0.25) is 0 Å². The van der Waals surface area contributed by atoms with Crippen LogP contribution in [0.25, 0.3) is 22.4 Å². The first-order chi connectivity index (χ1) is 13.4. The van der Waals surface area contributed by atoms with Gasteiger partial charge in [-0.15, -0.1) is 0 Å². The van der Waals surface area contributed by atoms with Gasteiger partial charge in [-0.2, -0.15) is 0 Å². The Kier molecular flexibility index (Phi) is 4.54. The van der Waals surface area contributed by atoms with Gasteiger partial charge in [-0.1, -0.05) is 5.16 Å². The molecular weight excluding hydrogens is 365 g/mol. The van der Waals surface area contributed by atoms with Crippen molar-refractivity contribution in [3.63, 3.8) is 0 Å². The van der Waals surface area contributed by atoms with Crippen LogP contribution in [-0.2, 0) is 9.53 Å². The summed E-state index contributed by atoms with van der Waals surface area (Å²) in [7, 11) is 0. The van der Waals surface area contributed by atoms with E-state index in [1.54, 1.807) is 19.1 Å². The van der Waals surface area contributed by atoms with Crippen molar-refractivity contribution in [2.45, 2.75) is 38.8 Å². The zero-order chi connectivity index (χ0) is 19.8. The zero-order valence-electron chi connectivity index (χ0n) is 15.4. The number of esters is 1. The maximum absolute atomic E-state index is 13.2. The normalized spacial score (nSPS) is 14.7. The van der Waals surface area contributed by atoms with Crippen molar-refractivity contribution in [2.75, 3.05) is 0 Å². The number of nitrogens with zero attached hydrogens (tertiary/aromatic N) is 2. The molecule has 1 atom stereocenters. The molecule has 3 aromatic rings. The molecule has 8 heteroatoms. The van der Waals surface area contributed by atoms with Crippen LogP contribution >= 0.6 is 0 Å². The molecule has 1 fully saturated rings. The summed E-state index contributed by atoms with van der Waals surface area (Å²) in [6.07, 6.45) is 0.946. The predicted octanol–water partition coefficient (Wildman–Crippen LogP) is 3.16. The van der Waals surface area contributed by atoms with Crippen LogP contribution in [0.3, 0.4) is 0 Å². The average molecular weight is 383 g/mol. The van der Waals surface area contributed by atoms with E-state index in [4.69, 9.17) is 9.26 Å². The molecule has 0 spiro atoms. The number of ether oxygens (including phenoxy) is 1. The van der Waals surface area contributed by atoms with E-state index in [1.165, 1.54) is 25.1 Å². The molecule has 2 aromatic heterocycles. The Labute approximate surface area is 159 Å². The Bertz CT molecular complexity index is 1060. The lowest BCUT2D eigenvalue weighted by Crippen LogP contribution is -2.37.